The monoisotopic (exact) mass is 318 g/mol. The van der Waals surface area contributed by atoms with Crippen molar-refractivity contribution in [1.82, 2.24) is 0 Å². The lowest BCUT2D eigenvalue weighted by molar-refractivity contribution is -0.0911. The number of esters is 1. The van der Waals surface area contributed by atoms with Crippen LogP contribution in [-0.2, 0) is 13.3 Å². The molecule has 0 aromatic heterocycles. The molecule has 1 saturated heterocycles. The van der Waals surface area contributed by atoms with Crippen molar-refractivity contribution in [2.24, 2.45) is 0 Å². The molecule has 2 rings (SSSR count). The molecule has 6 heteroatoms. The maximum Gasteiger partial charge on any atom is 0.338 e. The second kappa shape index (κ2) is 6.26. The van der Waals surface area contributed by atoms with Gasteiger partial charge < -0.3 is 9.47 Å². The largest absolute Gasteiger partial charge is 0.459 e. The van der Waals surface area contributed by atoms with E-state index in [4.69, 9.17) is 9.47 Å². The van der Waals surface area contributed by atoms with Gasteiger partial charge in [0.25, 0.3) is 0 Å². The van der Waals surface area contributed by atoms with Gasteiger partial charge in [-0.1, -0.05) is 18.2 Å². The molecule has 0 aliphatic carbocycles. The number of carbonyl (C=O) groups is 1. The highest BCUT2D eigenvalue weighted by Gasteiger charge is 2.36. The topological polar surface area (TPSA) is 44.8 Å². The van der Waals surface area contributed by atoms with Crippen LogP contribution in [-0.4, -0.2) is 31.1 Å². The normalized spacial score (nSPS) is 27.1. The first-order valence-corrected chi connectivity index (χ1v) is 6.14. The Morgan fingerprint density at radius 1 is 1.44 bits per heavy atom. The van der Waals surface area contributed by atoms with Gasteiger partial charge in [-0.3, -0.25) is 3.83 Å². The number of halogens is 2. The van der Waals surface area contributed by atoms with E-state index >= 15 is 0 Å². The lowest BCUT2D eigenvalue weighted by atomic mass is 10.2. The molecule has 0 amide bonds. The Balaban J connectivity index is 1.81. The molecule has 0 bridgehead atoms. The molecule has 1 aromatic rings. The van der Waals surface area contributed by atoms with Crippen molar-refractivity contribution >= 4 is 22.2 Å². The van der Waals surface area contributed by atoms with Crippen molar-refractivity contribution in [3.05, 3.63) is 35.9 Å². The Bertz CT molecular complexity index is 400. The van der Waals surface area contributed by atoms with E-state index in [2.05, 4.69) is 20.1 Å². The van der Waals surface area contributed by atoms with Crippen LogP contribution in [0.5, 0.6) is 0 Å². The molecule has 1 aliphatic rings. The van der Waals surface area contributed by atoms with Crippen LogP contribution in [0.15, 0.2) is 30.3 Å². The second-order valence-corrected chi connectivity index (χ2v) is 4.31. The summed E-state index contributed by atoms with van der Waals surface area (Å²) in [6, 6.07) is 8.60. The molecule has 0 radical (unpaired) electrons. The highest BCUT2D eigenvalue weighted by Crippen LogP contribution is 2.25. The zero-order valence-electron chi connectivity index (χ0n) is 9.42. The van der Waals surface area contributed by atoms with Gasteiger partial charge in [0.05, 0.1) is 11.7 Å². The van der Waals surface area contributed by atoms with E-state index in [-0.39, 0.29) is 13.0 Å². The lowest BCUT2D eigenvalue weighted by Crippen LogP contribution is -2.20. The first-order chi connectivity index (χ1) is 8.70. The van der Waals surface area contributed by atoms with Crippen molar-refractivity contribution < 1.29 is 22.5 Å². The molecule has 1 aliphatic heterocycles. The first-order valence-electron chi connectivity index (χ1n) is 5.50. The molecular formula is C12H12BrFO4. The minimum atomic E-state index is -1.22. The van der Waals surface area contributed by atoms with E-state index in [0.717, 1.165) is 0 Å². The van der Waals surface area contributed by atoms with Gasteiger partial charge in [0.1, 0.15) is 22.9 Å². The van der Waals surface area contributed by atoms with Gasteiger partial charge in [0.15, 0.2) is 6.17 Å². The van der Waals surface area contributed by atoms with Crippen LogP contribution in [0.2, 0.25) is 0 Å². The number of alkyl halides is 1. The van der Waals surface area contributed by atoms with Crippen LogP contribution in [0.25, 0.3) is 0 Å². The molecule has 0 N–H and O–H groups in total. The second-order valence-electron chi connectivity index (χ2n) is 3.93. The average molecular weight is 319 g/mol. The molecular weight excluding hydrogens is 307 g/mol. The zero-order valence-corrected chi connectivity index (χ0v) is 11.0. The summed E-state index contributed by atoms with van der Waals surface area (Å²) in [5.41, 5.74) is 0.459. The van der Waals surface area contributed by atoms with Crippen molar-refractivity contribution in [3.63, 3.8) is 0 Å². The molecule has 1 heterocycles. The number of hydrogen-bond donors (Lipinski definition) is 0. The Labute approximate surface area is 112 Å². The van der Waals surface area contributed by atoms with Crippen LogP contribution < -0.4 is 0 Å². The highest BCUT2D eigenvalue weighted by molar-refractivity contribution is 9.06. The van der Waals surface area contributed by atoms with Crippen LogP contribution in [0.4, 0.5) is 4.39 Å². The van der Waals surface area contributed by atoms with E-state index < -0.39 is 24.5 Å². The average Bonchev–Trinajstić information content (AvgIpc) is 2.77. The highest BCUT2D eigenvalue weighted by atomic mass is 79.9. The molecule has 3 atom stereocenters. The first kappa shape index (κ1) is 13.5. The van der Waals surface area contributed by atoms with Crippen LogP contribution >= 0.6 is 16.3 Å². The summed E-state index contributed by atoms with van der Waals surface area (Å²) in [6.07, 6.45) is -2.48. The third-order valence-corrected chi connectivity index (χ3v) is 2.98. The van der Waals surface area contributed by atoms with E-state index in [1.807, 2.05) is 6.07 Å². The third-order valence-electron chi connectivity index (χ3n) is 2.61. The lowest BCUT2D eigenvalue weighted by Gasteiger charge is -2.11. The van der Waals surface area contributed by atoms with Crippen molar-refractivity contribution in [3.8, 4) is 0 Å². The summed E-state index contributed by atoms with van der Waals surface area (Å²) < 4.78 is 28.1. The van der Waals surface area contributed by atoms with Crippen LogP contribution in [0.1, 0.15) is 16.8 Å². The van der Waals surface area contributed by atoms with E-state index in [1.165, 1.54) is 0 Å². The van der Waals surface area contributed by atoms with E-state index in [0.29, 0.717) is 5.56 Å². The summed E-state index contributed by atoms with van der Waals surface area (Å²) in [5, 5.41) is 0. The van der Waals surface area contributed by atoms with Gasteiger partial charge in [0, 0.05) is 6.42 Å². The van der Waals surface area contributed by atoms with E-state index in [1.54, 1.807) is 24.3 Å². The van der Waals surface area contributed by atoms with Gasteiger partial charge in [-0.15, -0.1) is 0 Å². The number of ether oxygens (including phenoxy) is 2. The van der Waals surface area contributed by atoms with Gasteiger partial charge >= 0.3 is 5.97 Å². The predicted octanol–water partition coefficient (Wildman–Crippen LogP) is 2.62. The Kier molecular flexibility index (Phi) is 4.68. The summed E-state index contributed by atoms with van der Waals surface area (Å²) in [7, 11) is 0. The minimum absolute atomic E-state index is 0.0149. The fraction of sp³-hybridized carbons (Fsp3) is 0.417. The third kappa shape index (κ3) is 3.28. The summed E-state index contributed by atoms with van der Waals surface area (Å²) in [5.74, 6) is -0.446. The molecule has 1 fully saturated rings. The molecule has 0 unspecified atom stereocenters. The van der Waals surface area contributed by atoms with E-state index in [9.17, 15) is 9.18 Å². The Hall–Kier alpha value is -0.980. The Morgan fingerprint density at radius 2 is 2.17 bits per heavy atom. The van der Waals surface area contributed by atoms with Gasteiger partial charge in [-0.2, -0.15) is 0 Å². The van der Waals surface area contributed by atoms with Gasteiger partial charge in [-0.25, -0.2) is 9.18 Å². The SMILES string of the molecule is O=C(OC[C@@H]1C[C@@H](F)[C@@H](OBr)O1)c1ccccc1. The fourth-order valence-corrected chi connectivity index (χ4v) is 2.03. The standard InChI is InChI=1S/C12H12BrFO4/c13-18-12-10(14)6-9(17-12)7-16-11(15)8-4-2-1-3-5-8/h1-5,9-10,12H,6-7H2/t9-,10+,12+/m0/s1. The number of hydrogen-bond acceptors (Lipinski definition) is 4. The van der Waals surface area contributed by atoms with Crippen molar-refractivity contribution in [2.75, 3.05) is 6.61 Å². The molecule has 1 aromatic carbocycles. The maximum atomic E-state index is 13.3. The molecule has 0 spiro atoms. The molecule has 98 valence electrons. The minimum Gasteiger partial charge on any atom is -0.459 e. The quantitative estimate of drug-likeness (QED) is 0.800. The Morgan fingerprint density at radius 3 is 2.78 bits per heavy atom. The molecule has 4 nitrogen and oxygen atoms in total. The molecule has 0 saturated carbocycles. The van der Waals surface area contributed by atoms with Crippen LogP contribution in [0.3, 0.4) is 0 Å². The maximum absolute atomic E-state index is 13.3. The summed E-state index contributed by atoms with van der Waals surface area (Å²) in [4.78, 5) is 11.6. The number of rotatable bonds is 4. The summed E-state index contributed by atoms with van der Waals surface area (Å²) >= 11 is 2.69. The van der Waals surface area contributed by atoms with Crippen molar-refractivity contribution in [2.45, 2.75) is 25.0 Å². The van der Waals surface area contributed by atoms with Gasteiger partial charge in [0.2, 0.25) is 6.29 Å². The summed E-state index contributed by atoms with van der Waals surface area (Å²) in [6.45, 7) is 0.0149. The number of benzene rings is 1. The number of carbonyl (C=O) groups excluding carboxylic acids is 1. The van der Waals surface area contributed by atoms with Gasteiger partial charge in [-0.05, 0) is 12.1 Å². The fourth-order valence-electron chi connectivity index (χ4n) is 1.70. The predicted molar refractivity (Wildman–Crippen MR) is 64.9 cm³/mol. The van der Waals surface area contributed by atoms with Crippen LogP contribution in [0, 0.1) is 0 Å². The zero-order chi connectivity index (χ0) is 13.0. The smallest absolute Gasteiger partial charge is 0.338 e. The molecule has 18 heavy (non-hydrogen) atoms. The van der Waals surface area contributed by atoms with Crippen molar-refractivity contribution in [1.29, 1.82) is 0 Å².